The Labute approximate surface area is 91.8 Å². The van der Waals surface area contributed by atoms with Crippen molar-refractivity contribution in [1.29, 1.82) is 5.26 Å². The Morgan fingerprint density at radius 1 is 1.53 bits per heavy atom. The first kappa shape index (κ1) is 13.9. The lowest BCUT2D eigenvalue weighted by atomic mass is 9.86. The molecule has 0 aromatic carbocycles. The molecule has 86 valence electrons. The molecular formula is C11H21N3O. The smallest absolute Gasteiger partial charge is 0.227 e. The van der Waals surface area contributed by atoms with E-state index < -0.39 is 5.41 Å². The summed E-state index contributed by atoms with van der Waals surface area (Å²) in [5.74, 6) is 0.0180. The zero-order valence-electron chi connectivity index (χ0n) is 9.68. The predicted molar refractivity (Wildman–Crippen MR) is 59.9 cm³/mol. The molecule has 0 aliphatic carbocycles. The number of nitrogens with zero attached hydrogens (tertiary/aromatic N) is 1. The lowest BCUT2D eigenvalue weighted by Gasteiger charge is -2.24. The number of nitrogens with one attached hydrogen (secondary N) is 1. The van der Waals surface area contributed by atoms with Gasteiger partial charge < -0.3 is 11.1 Å². The van der Waals surface area contributed by atoms with Gasteiger partial charge in [0.2, 0.25) is 5.91 Å². The maximum absolute atomic E-state index is 11.7. The van der Waals surface area contributed by atoms with E-state index in [0.29, 0.717) is 19.5 Å². The number of unbranched alkanes of at least 4 members (excludes halogenated alkanes) is 2. The zero-order valence-corrected chi connectivity index (χ0v) is 9.68. The summed E-state index contributed by atoms with van der Waals surface area (Å²) in [6.07, 6.45) is 2.98. The molecule has 0 saturated carbocycles. The summed E-state index contributed by atoms with van der Waals surface area (Å²) in [4.78, 5) is 11.7. The summed E-state index contributed by atoms with van der Waals surface area (Å²) in [6.45, 7) is 4.84. The van der Waals surface area contributed by atoms with E-state index in [2.05, 4.69) is 11.4 Å². The van der Waals surface area contributed by atoms with Gasteiger partial charge in [-0.3, -0.25) is 4.79 Å². The molecule has 0 aromatic rings. The van der Waals surface area contributed by atoms with Gasteiger partial charge in [0.15, 0.2) is 0 Å². The first-order valence-corrected chi connectivity index (χ1v) is 5.46. The molecule has 0 aliphatic heterocycles. The van der Waals surface area contributed by atoms with E-state index in [-0.39, 0.29) is 5.91 Å². The van der Waals surface area contributed by atoms with Gasteiger partial charge in [-0.05, 0) is 26.2 Å². The van der Waals surface area contributed by atoms with Crippen LogP contribution in [0.5, 0.6) is 0 Å². The van der Waals surface area contributed by atoms with Gasteiger partial charge in [-0.25, -0.2) is 0 Å². The van der Waals surface area contributed by atoms with E-state index in [1.807, 2.05) is 13.8 Å². The quantitative estimate of drug-likeness (QED) is 0.620. The van der Waals surface area contributed by atoms with Crippen molar-refractivity contribution in [3.63, 3.8) is 0 Å². The van der Waals surface area contributed by atoms with Gasteiger partial charge in [0.1, 0.15) is 0 Å². The predicted octanol–water partition coefficient (Wildman–Crippen LogP) is 1.17. The minimum atomic E-state index is -0.449. The highest BCUT2D eigenvalue weighted by atomic mass is 16.2. The van der Waals surface area contributed by atoms with Crippen molar-refractivity contribution in [3.8, 4) is 6.07 Å². The third kappa shape index (κ3) is 4.80. The standard InChI is InChI=1S/C11H21N3O/c1-3-11(2,9-13)10(15)14-8-6-4-5-7-12/h3-6,8-9,13H2,1-2H3,(H,14,15). The van der Waals surface area contributed by atoms with Gasteiger partial charge >= 0.3 is 0 Å². The van der Waals surface area contributed by atoms with Crippen LogP contribution in [0.25, 0.3) is 0 Å². The summed E-state index contributed by atoms with van der Waals surface area (Å²) in [5, 5.41) is 11.2. The molecule has 15 heavy (non-hydrogen) atoms. The fourth-order valence-electron chi connectivity index (χ4n) is 1.14. The lowest BCUT2D eigenvalue weighted by molar-refractivity contribution is -0.129. The van der Waals surface area contributed by atoms with E-state index in [1.54, 1.807) is 0 Å². The largest absolute Gasteiger partial charge is 0.356 e. The fraction of sp³-hybridized carbons (Fsp3) is 0.818. The average molecular weight is 211 g/mol. The molecule has 1 unspecified atom stereocenters. The number of nitrogens with two attached hydrogens (primary N) is 1. The van der Waals surface area contributed by atoms with E-state index >= 15 is 0 Å². The highest BCUT2D eigenvalue weighted by Gasteiger charge is 2.28. The number of carbonyl (C=O) groups excluding carboxylic acids is 1. The van der Waals surface area contributed by atoms with Crippen molar-refractivity contribution in [3.05, 3.63) is 0 Å². The van der Waals surface area contributed by atoms with E-state index in [0.717, 1.165) is 19.3 Å². The molecule has 3 N–H and O–H groups in total. The molecule has 0 aromatic heterocycles. The molecule has 1 amide bonds. The van der Waals surface area contributed by atoms with Gasteiger partial charge in [-0.15, -0.1) is 0 Å². The van der Waals surface area contributed by atoms with Crippen LogP contribution in [0.2, 0.25) is 0 Å². The normalized spacial score (nSPS) is 14.0. The first-order valence-electron chi connectivity index (χ1n) is 5.46. The van der Waals surface area contributed by atoms with Crippen LogP contribution >= 0.6 is 0 Å². The summed E-state index contributed by atoms with van der Waals surface area (Å²) < 4.78 is 0. The van der Waals surface area contributed by atoms with Crippen molar-refractivity contribution in [2.75, 3.05) is 13.1 Å². The molecular weight excluding hydrogens is 190 g/mol. The molecule has 0 bridgehead atoms. The Bertz CT molecular complexity index is 228. The van der Waals surface area contributed by atoms with Crippen LogP contribution < -0.4 is 11.1 Å². The molecule has 0 fully saturated rings. The first-order chi connectivity index (χ1) is 7.10. The number of amides is 1. The minimum Gasteiger partial charge on any atom is -0.356 e. The molecule has 0 heterocycles. The van der Waals surface area contributed by atoms with Crippen LogP contribution in [0.15, 0.2) is 0 Å². The number of hydrogen-bond donors (Lipinski definition) is 2. The van der Waals surface area contributed by atoms with Crippen molar-refractivity contribution in [1.82, 2.24) is 5.32 Å². The minimum absolute atomic E-state index is 0.0180. The molecule has 0 radical (unpaired) electrons. The maximum atomic E-state index is 11.7. The average Bonchev–Trinajstić information content (AvgIpc) is 2.27. The fourth-order valence-corrected chi connectivity index (χ4v) is 1.14. The number of carbonyl (C=O) groups is 1. The van der Waals surface area contributed by atoms with Crippen LogP contribution in [-0.2, 0) is 4.79 Å². The van der Waals surface area contributed by atoms with Crippen LogP contribution in [0.1, 0.15) is 39.5 Å². The van der Waals surface area contributed by atoms with Crippen molar-refractivity contribution >= 4 is 5.91 Å². The molecule has 4 heteroatoms. The summed E-state index contributed by atoms with van der Waals surface area (Å²) in [6, 6.07) is 2.08. The Morgan fingerprint density at radius 2 is 2.20 bits per heavy atom. The molecule has 4 nitrogen and oxygen atoms in total. The number of rotatable bonds is 7. The monoisotopic (exact) mass is 211 g/mol. The van der Waals surface area contributed by atoms with Crippen LogP contribution in [0.4, 0.5) is 0 Å². The van der Waals surface area contributed by atoms with Crippen LogP contribution in [0.3, 0.4) is 0 Å². The third-order valence-corrected chi connectivity index (χ3v) is 2.78. The second-order valence-electron chi connectivity index (χ2n) is 3.99. The summed E-state index contributed by atoms with van der Waals surface area (Å²) in [5.41, 5.74) is 5.12. The van der Waals surface area contributed by atoms with Crippen LogP contribution in [-0.4, -0.2) is 19.0 Å². The van der Waals surface area contributed by atoms with Gasteiger partial charge in [-0.2, -0.15) is 5.26 Å². The molecule has 0 rings (SSSR count). The van der Waals surface area contributed by atoms with Gasteiger partial charge in [0.05, 0.1) is 11.5 Å². The summed E-state index contributed by atoms with van der Waals surface area (Å²) >= 11 is 0. The number of nitriles is 1. The van der Waals surface area contributed by atoms with Crippen molar-refractivity contribution in [2.24, 2.45) is 11.1 Å². The Balaban J connectivity index is 3.78. The molecule has 0 saturated heterocycles. The Kier molecular flexibility index (Phi) is 6.72. The zero-order chi connectivity index (χ0) is 11.7. The highest BCUT2D eigenvalue weighted by molar-refractivity contribution is 5.82. The second kappa shape index (κ2) is 7.24. The lowest BCUT2D eigenvalue weighted by Crippen LogP contribution is -2.43. The SMILES string of the molecule is CCC(C)(CN)C(=O)NCCCCC#N. The third-order valence-electron chi connectivity index (χ3n) is 2.78. The van der Waals surface area contributed by atoms with E-state index in [1.165, 1.54) is 0 Å². The van der Waals surface area contributed by atoms with E-state index in [4.69, 9.17) is 11.0 Å². The molecule has 1 atom stereocenters. The Hall–Kier alpha value is -1.08. The number of hydrogen-bond acceptors (Lipinski definition) is 3. The second-order valence-corrected chi connectivity index (χ2v) is 3.99. The molecule has 0 spiro atoms. The van der Waals surface area contributed by atoms with Crippen molar-refractivity contribution < 1.29 is 4.79 Å². The van der Waals surface area contributed by atoms with Crippen molar-refractivity contribution in [2.45, 2.75) is 39.5 Å². The maximum Gasteiger partial charge on any atom is 0.227 e. The van der Waals surface area contributed by atoms with Gasteiger partial charge in [-0.1, -0.05) is 6.92 Å². The topological polar surface area (TPSA) is 78.9 Å². The highest BCUT2D eigenvalue weighted by Crippen LogP contribution is 2.18. The molecule has 0 aliphatic rings. The van der Waals surface area contributed by atoms with E-state index in [9.17, 15) is 4.79 Å². The van der Waals surface area contributed by atoms with Gasteiger partial charge in [0, 0.05) is 19.5 Å². The Morgan fingerprint density at radius 3 is 2.67 bits per heavy atom. The summed E-state index contributed by atoms with van der Waals surface area (Å²) in [7, 11) is 0. The van der Waals surface area contributed by atoms with Crippen LogP contribution in [0, 0.1) is 16.7 Å². The van der Waals surface area contributed by atoms with Gasteiger partial charge in [0.25, 0.3) is 0 Å².